The molecule has 8 nitrogen and oxygen atoms in total. The number of aromatic nitrogens is 1. The highest BCUT2D eigenvalue weighted by Crippen LogP contribution is 2.27. The molecule has 2 aromatic rings. The van der Waals surface area contributed by atoms with E-state index in [0.717, 1.165) is 22.6 Å². The Labute approximate surface area is 156 Å². The van der Waals surface area contributed by atoms with Crippen molar-refractivity contribution in [1.29, 1.82) is 0 Å². The number of nitrogens with zero attached hydrogens (tertiary/aromatic N) is 3. The van der Waals surface area contributed by atoms with E-state index in [-0.39, 0.29) is 15.7 Å². The second-order valence-electron chi connectivity index (χ2n) is 6.09. The molecule has 0 N–H and O–H groups in total. The van der Waals surface area contributed by atoms with Gasteiger partial charge in [0.1, 0.15) is 15.5 Å². The Hall–Kier alpha value is -1.75. The predicted octanol–water partition coefficient (Wildman–Crippen LogP) is 1.65. The van der Waals surface area contributed by atoms with E-state index in [4.69, 9.17) is 9.26 Å². The van der Waals surface area contributed by atoms with E-state index in [2.05, 4.69) is 5.16 Å². The summed E-state index contributed by atoms with van der Waals surface area (Å²) in [6.45, 7) is 5.20. The van der Waals surface area contributed by atoms with E-state index in [0.29, 0.717) is 38.6 Å². The summed E-state index contributed by atoms with van der Waals surface area (Å²) in [5.41, 5.74) is 1.55. The number of morpholine rings is 1. The normalized spacial score (nSPS) is 16.0. The lowest BCUT2D eigenvalue weighted by Crippen LogP contribution is -2.41. The van der Waals surface area contributed by atoms with Gasteiger partial charge in [0.05, 0.1) is 25.5 Å². The van der Waals surface area contributed by atoms with Gasteiger partial charge in [-0.3, -0.25) is 4.79 Å². The Balaban J connectivity index is 1.84. The summed E-state index contributed by atoms with van der Waals surface area (Å²) >= 11 is 1.13. The predicted molar refractivity (Wildman–Crippen MR) is 95.7 cm³/mol. The first-order valence-corrected chi connectivity index (χ1v) is 10.5. The Morgan fingerprint density at radius 2 is 2.04 bits per heavy atom. The number of amides is 1. The fourth-order valence-corrected chi connectivity index (χ4v) is 5.59. The minimum Gasteiger partial charge on any atom is -0.379 e. The molecule has 0 saturated carbocycles. The summed E-state index contributed by atoms with van der Waals surface area (Å²) in [5, 5.41) is 5.51. The number of sulfonamides is 1. The maximum Gasteiger partial charge on any atom is 0.265 e. The van der Waals surface area contributed by atoms with Gasteiger partial charge in [-0.1, -0.05) is 5.16 Å². The number of rotatable bonds is 5. The standard InChI is InChI=1S/C16H21N3O5S2/c1-11-13(12(2)24-17-11)10-18(3)16(20)15-14(4-9-25-15)26(21,22)19-5-7-23-8-6-19/h4,9H,5-8,10H2,1-3H3. The minimum atomic E-state index is -3.72. The molecule has 1 saturated heterocycles. The van der Waals surface area contributed by atoms with E-state index in [1.54, 1.807) is 19.4 Å². The van der Waals surface area contributed by atoms with Crippen LogP contribution in [0, 0.1) is 13.8 Å². The smallest absolute Gasteiger partial charge is 0.265 e. The monoisotopic (exact) mass is 399 g/mol. The van der Waals surface area contributed by atoms with Crippen molar-refractivity contribution in [2.45, 2.75) is 25.3 Å². The summed E-state index contributed by atoms with van der Waals surface area (Å²) in [7, 11) is -2.08. The molecule has 0 aliphatic carbocycles. The van der Waals surface area contributed by atoms with E-state index < -0.39 is 10.0 Å². The molecule has 142 valence electrons. The summed E-state index contributed by atoms with van der Waals surface area (Å²) in [5.74, 6) is 0.307. The van der Waals surface area contributed by atoms with Gasteiger partial charge in [0, 0.05) is 25.7 Å². The third-order valence-corrected chi connectivity index (χ3v) is 7.31. The summed E-state index contributed by atoms with van der Waals surface area (Å²) in [4.78, 5) is 14.6. The molecule has 0 bridgehead atoms. The number of ether oxygens (including phenoxy) is 1. The van der Waals surface area contributed by atoms with Crippen LogP contribution in [0.15, 0.2) is 20.9 Å². The quantitative estimate of drug-likeness (QED) is 0.759. The molecule has 0 atom stereocenters. The van der Waals surface area contributed by atoms with Gasteiger partial charge in [-0.2, -0.15) is 4.31 Å². The van der Waals surface area contributed by atoms with E-state index in [1.807, 2.05) is 6.92 Å². The van der Waals surface area contributed by atoms with Gasteiger partial charge < -0.3 is 14.2 Å². The number of aryl methyl sites for hydroxylation is 2. The van der Waals surface area contributed by atoms with Crippen LogP contribution < -0.4 is 0 Å². The average Bonchev–Trinajstić information content (AvgIpc) is 3.24. The Kier molecular flexibility index (Phi) is 5.47. The number of carbonyl (C=O) groups is 1. The maximum absolute atomic E-state index is 12.9. The Bertz CT molecular complexity index is 877. The molecule has 3 rings (SSSR count). The van der Waals surface area contributed by atoms with Crippen molar-refractivity contribution in [3.63, 3.8) is 0 Å². The van der Waals surface area contributed by atoms with Crippen LogP contribution >= 0.6 is 11.3 Å². The molecule has 0 spiro atoms. The zero-order valence-electron chi connectivity index (χ0n) is 14.9. The molecule has 26 heavy (non-hydrogen) atoms. The maximum atomic E-state index is 12.9. The summed E-state index contributed by atoms with van der Waals surface area (Å²) in [6, 6.07) is 1.49. The summed E-state index contributed by atoms with van der Waals surface area (Å²) in [6.07, 6.45) is 0. The Morgan fingerprint density at radius 3 is 2.65 bits per heavy atom. The molecule has 1 fully saturated rings. The van der Waals surface area contributed by atoms with Crippen LogP contribution in [0.2, 0.25) is 0 Å². The van der Waals surface area contributed by atoms with Gasteiger partial charge in [0.2, 0.25) is 10.0 Å². The number of thiophene rings is 1. The van der Waals surface area contributed by atoms with Gasteiger partial charge in [-0.15, -0.1) is 11.3 Å². The van der Waals surface area contributed by atoms with Crippen molar-refractivity contribution < 1.29 is 22.5 Å². The second-order valence-corrected chi connectivity index (χ2v) is 8.92. The first-order chi connectivity index (χ1) is 12.3. The third-order valence-electron chi connectivity index (χ3n) is 4.33. The molecule has 1 aliphatic rings. The van der Waals surface area contributed by atoms with Crippen LogP contribution in [0.5, 0.6) is 0 Å². The molecule has 0 unspecified atom stereocenters. The third kappa shape index (κ3) is 3.54. The molecule has 0 aromatic carbocycles. The second kappa shape index (κ2) is 7.47. The van der Waals surface area contributed by atoms with Crippen LogP contribution in [-0.4, -0.2) is 62.0 Å². The first kappa shape index (κ1) is 19.0. The van der Waals surface area contributed by atoms with Crippen LogP contribution in [-0.2, 0) is 21.3 Å². The minimum absolute atomic E-state index is 0.0556. The average molecular weight is 399 g/mol. The largest absolute Gasteiger partial charge is 0.379 e. The topological polar surface area (TPSA) is 93.0 Å². The highest BCUT2D eigenvalue weighted by molar-refractivity contribution is 7.89. The first-order valence-electron chi connectivity index (χ1n) is 8.15. The van der Waals surface area contributed by atoms with E-state index in [1.165, 1.54) is 15.3 Å². The van der Waals surface area contributed by atoms with Gasteiger partial charge in [-0.25, -0.2) is 8.42 Å². The molecular weight excluding hydrogens is 378 g/mol. The Morgan fingerprint density at radius 1 is 1.35 bits per heavy atom. The molecule has 1 aliphatic heterocycles. The zero-order chi connectivity index (χ0) is 18.9. The van der Waals surface area contributed by atoms with Crippen LogP contribution in [0.25, 0.3) is 0 Å². The van der Waals surface area contributed by atoms with Crippen molar-refractivity contribution in [3.8, 4) is 0 Å². The van der Waals surface area contributed by atoms with Gasteiger partial charge >= 0.3 is 0 Å². The highest BCUT2D eigenvalue weighted by Gasteiger charge is 2.32. The molecular formula is C16H21N3O5S2. The summed E-state index contributed by atoms with van der Waals surface area (Å²) < 4.78 is 37.5. The molecule has 10 heteroatoms. The van der Waals surface area contributed by atoms with Gasteiger partial charge in [0.25, 0.3) is 5.91 Å². The molecule has 3 heterocycles. The van der Waals surface area contributed by atoms with Crippen molar-refractivity contribution in [2.24, 2.45) is 0 Å². The van der Waals surface area contributed by atoms with E-state index in [9.17, 15) is 13.2 Å². The fraction of sp³-hybridized carbons (Fsp3) is 0.500. The van der Waals surface area contributed by atoms with Crippen LogP contribution in [0.3, 0.4) is 0 Å². The van der Waals surface area contributed by atoms with Gasteiger partial charge in [-0.05, 0) is 25.3 Å². The van der Waals surface area contributed by atoms with E-state index >= 15 is 0 Å². The van der Waals surface area contributed by atoms with Crippen molar-refractivity contribution >= 4 is 27.3 Å². The zero-order valence-corrected chi connectivity index (χ0v) is 16.5. The van der Waals surface area contributed by atoms with Crippen molar-refractivity contribution in [1.82, 2.24) is 14.4 Å². The number of hydrogen-bond acceptors (Lipinski definition) is 7. The molecule has 0 radical (unpaired) electrons. The number of carbonyl (C=O) groups excluding carboxylic acids is 1. The van der Waals surface area contributed by atoms with Crippen LogP contribution in [0.1, 0.15) is 26.7 Å². The number of hydrogen-bond donors (Lipinski definition) is 0. The lowest BCUT2D eigenvalue weighted by molar-refractivity contribution is 0.0728. The lowest BCUT2D eigenvalue weighted by atomic mass is 10.2. The SMILES string of the molecule is Cc1noc(C)c1CN(C)C(=O)c1sccc1S(=O)(=O)N1CCOCC1. The highest BCUT2D eigenvalue weighted by atomic mass is 32.2. The fourth-order valence-electron chi connectivity index (χ4n) is 2.79. The van der Waals surface area contributed by atoms with Crippen molar-refractivity contribution in [2.75, 3.05) is 33.4 Å². The molecule has 2 aromatic heterocycles. The lowest BCUT2D eigenvalue weighted by Gasteiger charge is -2.26. The molecule has 1 amide bonds. The van der Waals surface area contributed by atoms with Gasteiger partial charge in [0.15, 0.2) is 0 Å². The van der Waals surface area contributed by atoms with Crippen LogP contribution in [0.4, 0.5) is 0 Å². The van der Waals surface area contributed by atoms with Crippen molar-refractivity contribution in [3.05, 3.63) is 33.3 Å².